The zero-order valence-corrected chi connectivity index (χ0v) is 14.9. The SMILES string of the molecule is N#C/C(=C\Nc1cccc([N+](=O)[O-])c1)c1nc(-c2cccc([N+](=O)[O-])c2)cs1. The van der Waals surface area contributed by atoms with E-state index >= 15 is 0 Å². The smallest absolute Gasteiger partial charge is 0.271 e. The first-order valence-corrected chi connectivity index (χ1v) is 8.68. The van der Waals surface area contributed by atoms with Crippen LogP contribution >= 0.6 is 11.3 Å². The lowest BCUT2D eigenvalue weighted by atomic mass is 10.1. The highest BCUT2D eigenvalue weighted by Gasteiger charge is 2.12. The number of non-ortho nitro benzene ring substituents is 2. The molecule has 1 N–H and O–H groups in total. The van der Waals surface area contributed by atoms with E-state index in [4.69, 9.17) is 0 Å². The summed E-state index contributed by atoms with van der Waals surface area (Å²) in [7, 11) is 0. The number of allylic oxidation sites excluding steroid dienone is 1. The van der Waals surface area contributed by atoms with Crippen LogP contribution in [0.2, 0.25) is 0 Å². The normalized spacial score (nSPS) is 10.9. The number of nitro benzene ring substituents is 2. The van der Waals surface area contributed by atoms with Gasteiger partial charge < -0.3 is 5.32 Å². The maximum Gasteiger partial charge on any atom is 0.271 e. The molecule has 0 aliphatic heterocycles. The maximum atomic E-state index is 10.9. The number of hydrogen-bond acceptors (Lipinski definition) is 8. The average molecular weight is 393 g/mol. The standard InChI is InChI=1S/C18H11N5O4S/c19-9-13(10-20-14-4-2-6-16(8-14)23(26)27)18-21-17(11-28-18)12-3-1-5-15(7-12)22(24)25/h1-8,10-11,20H/b13-10+. The maximum absolute atomic E-state index is 10.9. The molecule has 3 aromatic rings. The van der Waals surface area contributed by atoms with Crippen LogP contribution in [0.4, 0.5) is 17.1 Å². The molecule has 9 nitrogen and oxygen atoms in total. The largest absolute Gasteiger partial charge is 0.360 e. The summed E-state index contributed by atoms with van der Waals surface area (Å²) >= 11 is 1.21. The van der Waals surface area contributed by atoms with E-state index in [1.165, 1.54) is 47.9 Å². The van der Waals surface area contributed by atoms with Gasteiger partial charge in [0, 0.05) is 47.1 Å². The van der Waals surface area contributed by atoms with Gasteiger partial charge in [0.15, 0.2) is 0 Å². The fourth-order valence-electron chi connectivity index (χ4n) is 2.32. The van der Waals surface area contributed by atoms with Crippen LogP contribution in [0.15, 0.2) is 60.1 Å². The lowest BCUT2D eigenvalue weighted by Gasteiger charge is -2.01. The van der Waals surface area contributed by atoms with E-state index in [1.54, 1.807) is 23.6 Å². The van der Waals surface area contributed by atoms with Crippen molar-refractivity contribution in [1.82, 2.24) is 4.98 Å². The number of thiazole rings is 1. The van der Waals surface area contributed by atoms with Crippen LogP contribution in [0.1, 0.15) is 5.01 Å². The average Bonchev–Trinajstić information content (AvgIpc) is 3.19. The fraction of sp³-hybridized carbons (Fsp3) is 0. The van der Waals surface area contributed by atoms with Crippen molar-refractivity contribution in [3.8, 4) is 17.3 Å². The summed E-state index contributed by atoms with van der Waals surface area (Å²) in [6.45, 7) is 0. The minimum absolute atomic E-state index is 0.0459. The number of nitrogens with zero attached hydrogens (tertiary/aromatic N) is 4. The first-order valence-electron chi connectivity index (χ1n) is 7.80. The number of nitriles is 1. The third kappa shape index (κ3) is 4.17. The summed E-state index contributed by atoms with van der Waals surface area (Å²) in [5.74, 6) is 0. The summed E-state index contributed by atoms with van der Waals surface area (Å²) < 4.78 is 0. The van der Waals surface area contributed by atoms with Gasteiger partial charge in [-0.15, -0.1) is 11.3 Å². The molecule has 3 rings (SSSR count). The topological polar surface area (TPSA) is 135 Å². The number of aromatic nitrogens is 1. The predicted molar refractivity (Wildman–Crippen MR) is 105 cm³/mol. The van der Waals surface area contributed by atoms with Gasteiger partial charge in [0.25, 0.3) is 11.4 Å². The van der Waals surface area contributed by atoms with E-state index in [2.05, 4.69) is 10.3 Å². The molecule has 0 saturated heterocycles. The quantitative estimate of drug-likeness (QED) is 0.367. The molecular formula is C18H11N5O4S. The van der Waals surface area contributed by atoms with Gasteiger partial charge in [0.1, 0.15) is 16.6 Å². The molecule has 0 atom stereocenters. The molecule has 1 aromatic heterocycles. The van der Waals surface area contributed by atoms with Gasteiger partial charge in [-0.25, -0.2) is 4.98 Å². The Morgan fingerprint density at radius 3 is 2.46 bits per heavy atom. The second-order valence-electron chi connectivity index (χ2n) is 5.47. The van der Waals surface area contributed by atoms with Gasteiger partial charge in [-0.1, -0.05) is 18.2 Å². The van der Waals surface area contributed by atoms with Gasteiger partial charge in [0.05, 0.1) is 15.5 Å². The molecule has 0 fully saturated rings. The second kappa shape index (κ2) is 8.07. The molecule has 0 aliphatic carbocycles. The molecule has 0 saturated carbocycles. The van der Waals surface area contributed by atoms with Crippen molar-refractivity contribution in [1.29, 1.82) is 5.26 Å². The highest BCUT2D eigenvalue weighted by molar-refractivity contribution is 7.11. The zero-order valence-electron chi connectivity index (χ0n) is 14.1. The van der Waals surface area contributed by atoms with Crippen LogP contribution in [-0.4, -0.2) is 14.8 Å². The molecule has 0 radical (unpaired) electrons. The number of hydrogen-bond donors (Lipinski definition) is 1. The Balaban J connectivity index is 1.84. The van der Waals surface area contributed by atoms with Crippen molar-refractivity contribution in [2.75, 3.05) is 5.32 Å². The van der Waals surface area contributed by atoms with Gasteiger partial charge >= 0.3 is 0 Å². The summed E-state index contributed by atoms with van der Waals surface area (Å²) in [6, 6.07) is 14.0. The van der Waals surface area contributed by atoms with Crippen molar-refractivity contribution < 1.29 is 9.85 Å². The Kier molecular flexibility index (Phi) is 5.38. The molecule has 0 bridgehead atoms. The van der Waals surface area contributed by atoms with Gasteiger partial charge in [-0.3, -0.25) is 20.2 Å². The van der Waals surface area contributed by atoms with E-state index in [1.807, 2.05) is 6.07 Å². The Bertz CT molecular complexity index is 1130. The Morgan fingerprint density at radius 2 is 1.79 bits per heavy atom. The van der Waals surface area contributed by atoms with E-state index in [0.29, 0.717) is 22.0 Å². The van der Waals surface area contributed by atoms with Gasteiger partial charge in [-0.05, 0) is 6.07 Å². The number of rotatable bonds is 6. The zero-order chi connectivity index (χ0) is 20.1. The summed E-state index contributed by atoms with van der Waals surface area (Å²) in [6.07, 6.45) is 1.41. The molecule has 0 unspecified atom stereocenters. The first-order chi connectivity index (χ1) is 13.5. The molecule has 0 spiro atoms. The summed E-state index contributed by atoms with van der Waals surface area (Å²) in [5, 5.41) is 36.1. The van der Waals surface area contributed by atoms with Crippen LogP contribution < -0.4 is 5.32 Å². The Labute approximate surface area is 162 Å². The molecular weight excluding hydrogens is 382 g/mol. The first kappa shape index (κ1) is 18.7. The molecule has 0 aliphatic rings. The van der Waals surface area contributed by atoms with Crippen molar-refractivity contribution in [2.24, 2.45) is 0 Å². The number of nitrogens with one attached hydrogen (secondary N) is 1. The third-order valence-electron chi connectivity index (χ3n) is 3.65. The second-order valence-corrected chi connectivity index (χ2v) is 6.33. The van der Waals surface area contributed by atoms with Crippen LogP contribution in [0.5, 0.6) is 0 Å². The predicted octanol–water partition coefficient (Wildman–Crippen LogP) is 4.60. The van der Waals surface area contributed by atoms with Crippen molar-refractivity contribution in [3.63, 3.8) is 0 Å². The monoisotopic (exact) mass is 393 g/mol. The molecule has 0 amide bonds. The molecule has 28 heavy (non-hydrogen) atoms. The van der Waals surface area contributed by atoms with E-state index in [9.17, 15) is 25.5 Å². The van der Waals surface area contributed by atoms with Crippen molar-refractivity contribution in [3.05, 3.63) is 85.3 Å². The van der Waals surface area contributed by atoms with Gasteiger partial charge in [0.2, 0.25) is 0 Å². The minimum atomic E-state index is -0.508. The van der Waals surface area contributed by atoms with E-state index in [0.717, 1.165) is 0 Å². The molecule has 10 heteroatoms. The number of benzene rings is 2. The Hall–Kier alpha value is -4.10. The molecule has 2 aromatic carbocycles. The van der Waals surface area contributed by atoms with E-state index < -0.39 is 9.85 Å². The van der Waals surface area contributed by atoms with E-state index in [-0.39, 0.29) is 16.9 Å². The highest BCUT2D eigenvalue weighted by atomic mass is 32.1. The number of nitro groups is 2. The van der Waals surface area contributed by atoms with Crippen molar-refractivity contribution >= 4 is 34.0 Å². The molecule has 138 valence electrons. The fourth-order valence-corrected chi connectivity index (χ4v) is 3.11. The highest BCUT2D eigenvalue weighted by Crippen LogP contribution is 2.28. The lowest BCUT2D eigenvalue weighted by Crippen LogP contribution is -1.93. The molecule has 1 heterocycles. The van der Waals surface area contributed by atoms with Crippen molar-refractivity contribution in [2.45, 2.75) is 0 Å². The van der Waals surface area contributed by atoms with Crippen LogP contribution in [0, 0.1) is 31.6 Å². The summed E-state index contributed by atoms with van der Waals surface area (Å²) in [4.78, 5) is 25.1. The van der Waals surface area contributed by atoms with Gasteiger partial charge in [-0.2, -0.15) is 5.26 Å². The van der Waals surface area contributed by atoms with Crippen LogP contribution in [0.3, 0.4) is 0 Å². The number of anilines is 1. The minimum Gasteiger partial charge on any atom is -0.360 e. The van der Waals surface area contributed by atoms with Crippen LogP contribution in [-0.2, 0) is 0 Å². The lowest BCUT2D eigenvalue weighted by molar-refractivity contribution is -0.385. The van der Waals surface area contributed by atoms with Crippen LogP contribution in [0.25, 0.3) is 16.8 Å². The third-order valence-corrected chi connectivity index (χ3v) is 4.52. The Morgan fingerprint density at radius 1 is 1.11 bits per heavy atom. The summed E-state index contributed by atoms with van der Waals surface area (Å²) in [5.41, 5.74) is 1.65.